The van der Waals surface area contributed by atoms with Crippen LogP contribution in [0.4, 0.5) is 5.69 Å². The summed E-state index contributed by atoms with van der Waals surface area (Å²) in [5.74, 6) is 0.238. The molecule has 0 atom stereocenters. The van der Waals surface area contributed by atoms with Crippen LogP contribution in [0.2, 0.25) is 0 Å². The van der Waals surface area contributed by atoms with E-state index in [4.69, 9.17) is 0 Å². The summed E-state index contributed by atoms with van der Waals surface area (Å²) in [4.78, 5) is 28.0. The molecule has 104 valence electrons. The van der Waals surface area contributed by atoms with Gasteiger partial charge in [-0.15, -0.1) is 0 Å². The molecule has 5 nitrogen and oxygen atoms in total. The van der Waals surface area contributed by atoms with Gasteiger partial charge in [-0.05, 0) is 41.4 Å². The van der Waals surface area contributed by atoms with E-state index in [1.54, 1.807) is 6.92 Å². The van der Waals surface area contributed by atoms with Crippen molar-refractivity contribution in [2.75, 3.05) is 5.32 Å². The molecule has 20 heavy (non-hydrogen) atoms. The summed E-state index contributed by atoms with van der Waals surface area (Å²) >= 11 is 3.12. The highest BCUT2D eigenvalue weighted by Gasteiger charge is 2.10. The minimum absolute atomic E-state index is 0.0640. The van der Waals surface area contributed by atoms with Gasteiger partial charge in [0.15, 0.2) is 0 Å². The van der Waals surface area contributed by atoms with Gasteiger partial charge in [0.05, 0.1) is 0 Å². The van der Waals surface area contributed by atoms with Crippen molar-refractivity contribution in [3.05, 3.63) is 56.7 Å². The molecule has 0 unspecified atom stereocenters. The number of nitrogens with zero attached hydrogens (tertiary/aromatic N) is 2. The molecule has 1 amide bonds. The summed E-state index contributed by atoms with van der Waals surface area (Å²) in [6, 6.07) is 7.48. The minimum Gasteiger partial charge on any atom is -0.324 e. The third-order valence-electron chi connectivity index (χ3n) is 2.93. The van der Waals surface area contributed by atoms with Gasteiger partial charge >= 0.3 is 0 Å². The van der Waals surface area contributed by atoms with Gasteiger partial charge in [-0.3, -0.25) is 14.2 Å². The van der Waals surface area contributed by atoms with Crippen LogP contribution in [-0.4, -0.2) is 15.5 Å². The number of amides is 1. The molecule has 0 fully saturated rings. The molecule has 0 saturated heterocycles. The van der Waals surface area contributed by atoms with E-state index in [2.05, 4.69) is 26.2 Å². The molecule has 0 aliphatic rings. The molecule has 0 saturated carbocycles. The number of aromatic nitrogens is 2. The summed E-state index contributed by atoms with van der Waals surface area (Å²) in [7, 11) is 0. The van der Waals surface area contributed by atoms with Crippen LogP contribution in [0.15, 0.2) is 39.7 Å². The number of nitrogens with one attached hydrogen (secondary N) is 1. The van der Waals surface area contributed by atoms with Gasteiger partial charge in [0.25, 0.3) is 5.56 Å². The lowest BCUT2D eigenvalue weighted by molar-refractivity contribution is -0.116. The van der Waals surface area contributed by atoms with Crippen molar-refractivity contribution in [3.8, 4) is 0 Å². The molecule has 0 spiro atoms. The Balaban J connectivity index is 2.19. The van der Waals surface area contributed by atoms with Crippen LogP contribution in [0.3, 0.4) is 0 Å². The second-order valence-corrected chi connectivity index (χ2v) is 5.26. The Hall–Kier alpha value is -1.95. The van der Waals surface area contributed by atoms with Crippen LogP contribution in [0.1, 0.15) is 11.4 Å². The number of aryl methyl sites for hydroxylation is 2. The van der Waals surface area contributed by atoms with E-state index in [-0.39, 0.29) is 18.0 Å². The van der Waals surface area contributed by atoms with Crippen LogP contribution in [-0.2, 0) is 11.3 Å². The first-order chi connectivity index (χ1) is 9.49. The fourth-order valence-electron chi connectivity index (χ4n) is 1.78. The van der Waals surface area contributed by atoms with Gasteiger partial charge < -0.3 is 5.32 Å². The monoisotopic (exact) mass is 335 g/mol. The van der Waals surface area contributed by atoms with Gasteiger partial charge in [-0.1, -0.05) is 18.2 Å². The normalized spacial score (nSPS) is 10.3. The summed E-state index contributed by atoms with van der Waals surface area (Å²) in [6.07, 6.45) is 1.44. The quantitative estimate of drug-likeness (QED) is 0.935. The fourth-order valence-corrected chi connectivity index (χ4v) is 2.10. The topological polar surface area (TPSA) is 64.0 Å². The Morgan fingerprint density at radius 1 is 1.35 bits per heavy atom. The van der Waals surface area contributed by atoms with E-state index >= 15 is 0 Å². The van der Waals surface area contributed by atoms with Crippen molar-refractivity contribution >= 4 is 27.5 Å². The molecule has 0 aliphatic carbocycles. The molecule has 2 rings (SSSR count). The van der Waals surface area contributed by atoms with Crippen molar-refractivity contribution < 1.29 is 4.79 Å². The summed E-state index contributed by atoms with van der Waals surface area (Å²) in [5.41, 5.74) is 1.45. The van der Waals surface area contributed by atoms with Crippen LogP contribution in [0, 0.1) is 13.8 Å². The molecule has 2 aromatic rings. The largest absolute Gasteiger partial charge is 0.324 e. The number of carbonyl (C=O) groups excluding carboxylic acids is 1. The molecule has 1 aromatic carbocycles. The van der Waals surface area contributed by atoms with Crippen LogP contribution in [0.25, 0.3) is 0 Å². The summed E-state index contributed by atoms with van der Waals surface area (Å²) in [6.45, 7) is 3.54. The zero-order valence-corrected chi connectivity index (χ0v) is 12.8. The first kappa shape index (κ1) is 14.5. The summed E-state index contributed by atoms with van der Waals surface area (Å²) < 4.78 is 1.67. The van der Waals surface area contributed by atoms with E-state index < -0.39 is 0 Å². The molecule has 0 bridgehead atoms. The second kappa shape index (κ2) is 6.00. The second-order valence-electron chi connectivity index (χ2n) is 4.41. The predicted molar refractivity (Wildman–Crippen MR) is 80.7 cm³/mol. The Morgan fingerprint density at radius 3 is 2.75 bits per heavy atom. The van der Waals surface area contributed by atoms with E-state index in [0.717, 1.165) is 11.3 Å². The number of benzene rings is 1. The van der Waals surface area contributed by atoms with E-state index in [9.17, 15) is 9.59 Å². The van der Waals surface area contributed by atoms with E-state index in [1.807, 2.05) is 31.2 Å². The molecule has 0 radical (unpaired) electrons. The first-order valence-corrected chi connectivity index (χ1v) is 6.86. The Labute approximate surface area is 124 Å². The van der Waals surface area contributed by atoms with Gasteiger partial charge in [0.1, 0.15) is 16.8 Å². The lowest BCUT2D eigenvalue weighted by Crippen LogP contribution is -2.30. The van der Waals surface area contributed by atoms with E-state index in [0.29, 0.717) is 10.3 Å². The number of anilines is 1. The van der Waals surface area contributed by atoms with Gasteiger partial charge in [-0.2, -0.15) is 0 Å². The zero-order chi connectivity index (χ0) is 14.7. The predicted octanol–water partition coefficient (Wildman–Crippen LogP) is 2.26. The Bertz CT molecular complexity index is 710. The molecular weight excluding hydrogens is 322 g/mol. The fraction of sp³-hybridized carbons (Fsp3) is 0.214. The lowest BCUT2D eigenvalue weighted by Gasteiger charge is -2.11. The standard InChI is InChI=1S/C14H14BrN3O2/c1-9-5-3-4-6-12(9)17-13(19)8-18-10(2)16-7-11(15)14(18)20/h3-7H,8H2,1-2H3,(H,17,19). The Morgan fingerprint density at radius 2 is 2.05 bits per heavy atom. The highest BCUT2D eigenvalue weighted by atomic mass is 79.9. The van der Waals surface area contributed by atoms with Crippen molar-refractivity contribution in [3.63, 3.8) is 0 Å². The average Bonchev–Trinajstić information content (AvgIpc) is 2.42. The molecular formula is C14H14BrN3O2. The molecule has 1 N–H and O–H groups in total. The van der Waals surface area contributed by atoms with Crippen LogP contribution < -0.4 is 10.9 Å². The van der Waals surface area contributed by atoms with Crippen LogP contribution >= 0.6 is 15.9 Å². The van der Waals surface area contributed by atoms with Crippen LogP contribution in [0.5, 0.6) is 0 Å². The maximum absolute atomic E-state index is 12.0. The Kier molecular flexibility index (Phi) is 4.34. The van der Waals surface area contributed by atoms with Crippen molar-refractivity contribution in [2.24, 2.45) is 0 Å². The number of rotatable bonds is 3. The maximum Gasteiger partial charge on any atom is 0.268 e. The third-order valence-corrected chi connectivity index (χ3v) is 3.47. The first-order valence-electron chi connectivity index (χ1n) is 6.06. The number of halogens is 1. The van der Waals surface area contributed by atoms with Crippen molar-refractivity contribution in [1.29, 1.82) is 0 Å². The van der Waals surface area contributed by atoms with E-state index in [1.165, 1.54) is 10.8 Å². The van der Waals surface area contributed by atoms with Crippen molar-refractivity contribution in [2.45, 2.75) is 20.4 Å². The third kappa shape index (κ3) is 3.14. The number of hydrogen-bond acceptors (Lipinski definition) is 3. The number of carbonyl (C=O) groups is 1. The highest BCUT2D eigenvalue weighted by Crippen LogP contribution is 2.13. The molecule has 0 aliphatic heterocycles. The molecule has 1 aromatic heterocycles. The SMILES string of the molecule is Cc1ccccc1NC(=O)Cn1c(C)ncc(Br)c1=O. The van der Waals surface area contributed by atoms with Crippen molar-refractivity contribution in [1.82, 2.24) is 9.55 Å². The van der Waals surface area contributed by atoms with Gasteiger partial charge in [-0.25, -0.2) is 4.98 Å². The molecule has 1 heterocycles. The number of para-hydroxylation sites is 1. The average molecular weight is 336 g/mol. The molecule has 6 heteroatoms. The smallest absolute Gasteiger partial charge is 0.268 e. The summed E-state index contributed by atoms with van der Waals surface area (Å²) in [5, 5.41) is 2.79. The lowest BCUT2D eigenvalue weighted by atomic mass is 10.2. The maximum atomic E-state index is 12.0. The number of hydrogen-bond donors (Lipinski definition) is 1. The van der Waals surface area contributed by atoms with Gasteiger partial charge in [0, 0.05) is 11.9 Å². The zero-order valence-electron chi connectivity index (χ0n) is 11.2. The van der Waals surface area contributed by atoms with Gasteiger partial charge in [0.2, 0.25) is 5.91 Å². The highest BCUT2D eigenvalue weighted by molar-refractivity contribution is 9.10. The minimum atomic E-state index is -0.266.